The number of alkyl carbamates (subject to hydrolysis) is 1. The Bertz CT molecular complexity index is 1320. The molecule has 0 saturated heterocycles. The molecule has 4 saturated carbocycles. The molecule has 0 aromatic carbocycles. The van der Waals surface area contributed by atoms with Gasteiger partial charge in [-0.3, -0.25) is 9.50 Å². The van der Waals surface area contributed by atoms with Crippen molar-refractivity contribution in [3.63, 3.8) is 0 Å². The number of hydrogen-bond donors (Lipinski definition) is 3. The predicted molar refractivity (Wildman–Crippen MR) is 121 cm³/mol. The molecule has 3 aromatic heterocycles. The van der Waals surface area contributed by atoms with Gasteiger partial charge in [0.25, 0.3) is 0 Å². The number of hydrogen-bond acceptors (Lipinski definition) is 7. The Morgan fingerprint density at radius 1 is 1.24 bits per heavy atom. The zero-order valence-electron chi connectivity index (χ0n) is 19.8. The van der Waals surface area contributed by atoms with Crippen LogP contribution in [0.4, 0.5) is 34.1 Å². The minimum Gasteiger partial charge on any atom is -0.443 e. The highest BCUT2D eigenvalue weighted by Crippen LogP contribution is 2.57. The van der Waals surface area contributed by atoms with Crippen LogP contribution in [-0.2, 0) is 22.3 Å². The number of fused-ring (bicyclic) bond motifs is 1. The number of anilines is 2. The average molecular weight is 523 g/mol. The summed E-state index contributed by atoms with van der Waals surface area (Å²) in [6, 6.07) is 2.36. The van der Waals surface area contributed by atoms with Gasteiger partial charge in [0, 0.05) is 42.6 Å². The Balaban J connectivity index is 1.16. The number of rotatable bonds is 7. The fourth-order valence-corrected chi connectivity index (χ4v) is 5.58. The Morgan fingerprint density at radius 3 is 2.70 bits per heavy atom. The smallest absolute Gasteiger partial charge is 0.433 e. The molecule has 14 heteroatoms. The Hall–Kier alpha value is -3.42. The van der Waals surface area contributed by atoms with Gasteiger partial charge in [-0.1, -0.05) is 0 Å². The van der Waals surface area contributed by atoms with Gasteiger partial charge in [0.2, 0.25) is 5.95 Å². The van der Waals surface area contributed by atoms with Crippen molar-refractivity contribution in [3.8, 4) is 0 Å². The second kappa shape index (κ2) is 8.57. The number of carbonyl (C=O) groups is 1. The molecule has 4 aliphatic carbocycles. The third kappa shape index (κ3) is 4.36. The zero-order chi connectivity index (χ0) is 25.9. The molecule has 4 fully saturated rings. The molecule has 0 aliphatic heterocycles. The normalized spacial score (nSPS) is 28.6. The molecule has 2 bridgehead atoms. The number of H-pyrrole nitrogens is 1. The molecule has 0 radical (unpaired) electrons. The second-order valence-electron chi connectivity index (χ2n) is 10.1. The highest BCUT2D eigenvalue weighted by molar-refractivity contribution is 5.69. The van der Waals surface area contributed by atoms with Gasteiger partial charge in [-0.2, -0.15) is 18.3 Å². The van der Waals surface area contributed by atoms with E-state index in [9.17, 15) is 18.0 Å². The Kier molecular flexibility index (Phi) is 5.55. The van der Waals surface area contributed by atoms with Crippen LogP contribution in [0.3, 0.4) is 0 Å². The van der Waals surface area contributed by atoms with Crippen LogP contribution in [0.1, 0.15) is 55.1 Å². The Morgan fingerprint density at radius 2 is 2.03 bits per heavy atom. The molecule has 10 nitrogen and oxygen atoms in total. The number of alkyl halides is 4. The summed E-state index contributed by atoms with van der Waals surface area (Å²) in [6.45, 7) is 0.108. The molecule has 3 aromatic rings. The van der Waals surface area contributed by atoms with Crippen LogP contribution < -0.4 is 10.6 Å². The van der Waals surface area contributed by atoms with E-state index in [2.05, 4.69) is 30.8 Å². The van der Waals surface area contributed by atoms with Crippen molar-refractivity contribution in [2.24, 2.45) is 5.92 Å². The number of nitrogens with one attached hydrogen (secondary N) is 3. The topological polar surface area (TPSA) is 118 Å². The summed E-state index contributed by atoms with van der Waals surface area (Å²) in [4.78, 5) is 20.1. The summed E-state index contributed by atoms with van der Waals surface area (Å²) in [6.07, 6.45) is -2.46. The third-order valence-corrected chi connectivity index (χ3v) is 7.49. The molecule has 3 N–H and O–H groups in total. The zero-order valence-corrected chi connectivity index (χ0v) is 19.8. The van der Waals surface area contributed by atoms with E-state index in [1.807, 2.05) is 0 Å². The van der Waals surface area contributed by atoms with E-state index < -0.39 is 36.2 Å². The first-order valence-electron chi connectivity index (χ1n) is 12.0. The molecule has 3 heterocycles. The van der Waals surface area contributed by atoms with E-state index >= 15 is 4.39 Å². The van der Waals surface area contributed by atoms with Gasteiger partial charge in [0.1, 0.15) is 17.9 Å². The summed E-state index contributed by atoms with van der Waals surface area (Å²) >= 11 is 0. The summed E-state index contributed by atoms with van der Waals surface area (Å²) in [7, 11) is 1.45. The van der Waals surface area contributed by atoms with Crippen LogP contribution in [0, 0.1) is 5.92 Å². The minimum atomic E-state index is -4.69. The van der Waals surface area contributed by atoms with Crippen LogP contribution >= 0.6 is 0 Å². The number of aromatic amines is 1. The molecule has 3 atom stereocenters. The fraction of sp³-hybridized carbons (Fsp3) is 0.565. The van der Waals surface area contributed by atoms with Gasteiger partial charge in [0.05, 0.1) is 12.3 Å². The van der Waals surface area contributed by atoms with Gasteiger partial charge < -0.3 is 20.1 Å². The van der Waals surface area contributed by atoms with Crippen LogP contribution in [0.25, 0.3) is 5.65 Å². The van der Waals surface area contributed by atoms with Crippen molar-refractivity contribution in [1.29, 1.82) is 0 Å². The van der Waals surface area contributed by atoms with E-state index in [4.69, 9.17) is 9.47 Å². The number of carbonyl (C=O) groups excluding carboxylic acids is 1. The summed E-state index contributed by atoms with van der Waals surface area (Å²) in [5.41, 5.74) is -0.383. The van der Waals surface area contributed by atoms with E-state index in [1.54, 1.807) is 0 Å². The lowest BCUT2D eigenvalue weighted by Gasteiger charge is -2.61. The number of ether oxygens (including phenoxy) is 2. The number of aromatic nitrogens is 5. The van der Waals surface area contributed by atoms with Crippen molar-refractivity contribution < 1.29 is 31.8 Å². The molecule has 0 unspecified atom stereocenters. The van der Waals surface area contributed by atoms with Crippen LogP contribution in [-0.4, -0.2) is 55.6 Å². The van der Waals surface area contributed by atoms with E-state index in [0.717, 1.165) is 25.3 Å². The van der Waals surface area contributed by atoms with Gasteiger partial charge >= 0.3 is 12.3 Å². The lowest BCUT2D eigenvalue weighted by molar-refractivity contribution is -0.141. The lowest BCUT2D eigenvalue weighted by atomic mass is 9.50. The van der Waals surface area contributed by atoms with Crippen molar-refractivity contribution >= 4 is 23.5 Å². The molecular weight excluding hydrogens is 498 g/mol. The number of halogens is 4. The van der Waals surface area contributed by atoms with Crippen molar-refractivity contribution in [3.05, 3.63) is 35.4 Å². The van der Waals surface area contributed by atoms with Crippen molar-refractivity contribution in [2.45, 2.75) is 68.6 Å². The van der Waals surface area contributed by atoms with Crippen molar-refractivity contribution in [1.82, 2.24) is 29.9 Å². The SMILES string of the molecule is COCc1cn2c(Nc3cc([C@H]4CC[C@@H](OC(=O)NC56CC(C5)C6)[C@@H]4F)[nH]n3)nc(C(F)(F)F)cc2n1. The fourth-order valence-electron chi connectivity index (χ4n) is 5.58. The third-order valence-electron chi connectivity index (χ3n) is 7.49. The number of methoxy groups -OCH3 is 1. The first-order chi connectivity index (χ1) is 17.6. The Labute approximate surface area is 208 Å². The van der Waals surface area contributed by atoms with E-state index in [-0.39, 0.29) is 29.6 Å². The maximum Gasteiger partial charge on any atom is 0.433 e. The molecule has 198 valence electrons. The highest BCUT2D eigenvalue weighted by Gasteiger charge is 2.58. The summed E-state index contributed by atoms with van der Waals surface area (Å²) < 4.78 is 67.3. The quantitative estimate of drug-likeness (QED) is 0.397. The number of imidazole rings is 1. The largest absolute Gasteiger partial charge is 0.443 e. The predicted octanol–water partition coefficient (Wildman–Crippen LogP) is 4.22. The lowest BCUT2D eigenvalue weighted by Crippen LogP contribution is -2.68. The van der Waals surface area contributed by atoms with Crippen LogP contribution in [0.15, 0.2) is 18.3 Å². The maximum absolute atomic E-state index is 15.2. The molecule has 7 rings (SSSR count). The van der Waals surface area contributed by atoms with Crippen LogP contribution in [0.2, 0.25) is 0 Å². The first kappa shape index (κ1) is 23.9. The van der Waals surface area contributed by atoms with Gasteiger partial charge in [-0.25, -0.2) is 19.2 Å². The van der Waals surface area contributed by atoms with Crippen molar-refractivity contribution in [2.75, 3.05) is 12.4 Å². The van der Waals surface area contributed by atoms with E-state index in [0.29, 0.717) is 30.1 Å². The number of amides is 1. The molecule has 37 heavy (non-hydrogen) atoms. The van der Waals surface area contributed by atoms with Gasteiger partial charge in [-0.05, 0) is 38.0 Å². The standard InChI is InChI=1S/C23H25F4N7O3/c1-36-10-12-9-34-18(28-12)5-16(23(25,26)27)29-20(34)30-17-4-14(32-33-17)13-2-3-15(19(13)24)37-21(35)31-22-6-11(7-22)8-22/h4-5,9,11,13,15,19H,2-3,6-8,10H2,1H3,(H,31,35)(H2,29,30,32,33)/t11?,13-,15-,19-,22?/m1/s1. The number of nitrogens with zero attached hydrogens (tertiary/aromatic N) is 4. The van der Waals surface area contributed by atoms with E-state index in [1.165, 1.54) is 23.8 Å². The van der Waals surface area contributed by atoms with Crippen LogP contribution in [0.5, 0.6) is 0 Å². The maximum atomic E-state index is 15.2. The molecular formula is C23H25F4N7O3. The average Bonchev–Trinajstić information content (AvgIpc) is 3.49. The molecule has 1 amide bonds. The van der Waals surface area contributed by atoms with Gasteiger partial charge in [0.15, 0.2) is 11.5 Å². The molecule has 4 aliphatic rings. The molecule has 0 spiro atoms. The monoisotopic (exact) mass is 523 g/mol. The van der Waals surface area contributed by atoms with Gasteiger partial charge in [-0.15, -0.1) is 0 Å². The first-order valence-corrected chi connectivity index (χ1v) is 12.0. The minimum absolute atomic E-state index is 0.0318. The summed E-state index contributed by atoms with van der Waals surface area (Å²) in [5, 5.41) is 12.5. The second-order valence-corrected chi connectivity index (χ2v) is 10.1. The highest BCUT2D eigenvalue weighted by atomic mass is 19.4. The summed E-state index contributed by atoms with van der Waals surface area (Å²) in [5.74, 6) is 0.0824.